The van der Waals surface area contributed by atoms with Gasteiger partial charge in [0, 0.05) is 19.6 Å². The van der Waals surface area contributed by atoms with Crippen molar-refractivity contribution in [3.8, 4) is 0 Å². The van der Waals surface area contributed by atoms with Crippen LogP contribution in [0.2, 0.25) is 0 Å². The van der Waals surface area contributed by atoms with Crippen molar-refractivity contribution in [2.24, 2.45) is 5.92 Å². The molecule has 0 bridgehead atoms. The van der Waals surface area contributed by atoms with Gasteiger partial charge in [-0.1, -0.05) is 56.3 Å². The Hall–Kier alpha value is -2.07. The predicted octanol–water partition coefficient (Wildman–Crippen LogP) is 6.24. The van der Waals surface area contributed by atoms with Crippen LogP contribution >= 0.6 is 0 Å². The molecule has 0 fully saturated rings. The van der Waals surface area contributed by atoms with E-state index in [0.29, 0.717) is 11.5 Å². The number of nitrogens with zero attached hydrogens (tertiary/aromatic N) is 1. The highest BCUT2D eigenvalue weighted by Crippen LogP contribution is 2.32. The highest BCUT2D eigenvalue weighted by atomic mass is 19.4. The third kappa shape index (κ3) is 5.71. The van der Waals surface area contributed by atoms with Gasteiger partial charge in [-0.25, -0.2) is 0 Å². The van der Waals surface area contributed by atoms with Crippen LogP contribution in [0.25, 0.3) is 5.57 Å². The van der Waals surface area contributed by atoms with Crippen molar-refractivity contribution < 1.29 is 13.2 Å². The summed E-state index contributed by atoms with van der Waals surface area (Å²) in [5.41, 5.74) is 3.84. The van der Waals surface area contributed by atoms with Gasteiger partial charge in [0.2, 0.25) is 0 Å². The van der Waals surface area contributed by atoms with E-state index < -0.39 is 11.7 Å². The van der Waals surface area contributed by atoms with Crippen LogP contribution in [-0.4, -0.2) is 24.5 Å². The van der Waals surface area contributed by atoms with Crippen LogP contribution < -0.4 is 0 Å². The molecule has 0 atom stereocenters. The standard InChI is InChI=1S/C24H28F3N/c1-18(2)16-20-8-6-19(7-9-20)10-13-28-14-11-21(12-15-28)22-4-3-5-23(17-22)24(25,26)27/h3-9,11,17-18H,10,12-16H2,1-2H3. The summed E-state index contributed by atoms with van der Waals surface area (Å²) in [6, 6.07) is 14.5. The normalized spacial score (nSPS) is 15.7. The van der Waals surface area contributed by atoms with Gasteiger partial charge in [0.15, 0.2) is 0 Å². The Kier molecular flexibility index (Phi) is 6.61. The first kappa shape index (κ1) is 20.7. The average Bonchev–Trinajstić information content (AvgIpc) is 2.67. The number of alkyl halides is 3. The Morgan fingerprint density at radius 1 is 1.00 bits per heavy atom. The summed E-state index contributed by atoms with van der Waals surface area (Å²) in [4.78, 5) is 2.36. The maximum atomic E-state index is 12.9. The van der Waals surface area contributed by atoms with Crippen molar-refractivity contribution in [2.75, 3.05) is 19.6 Å². The lowest BCUT2D eigenvalue weighted by atomic mass is 9.97. The SMILES string of the molecule is CC(C)Cc1ccc(CCN2CC=C(c3cccc(C(F)(F)F)c3)CC2)cc1. The van der Waals surface area contributed by atoms with Crippen molar-refractivity contribution >= 4 is 5.57 Å². The van der Waals surface area contributed by atoms with Crippen LogP contribution in [0.5, 0.6) is 0 Å². The van der Waals surface area contributed by atoms with E-state index in [4.69, 9.17) is 0 Å². The maximum Gasteiger partial charge on any atom is 0.416 e. The Bertz CT molecular complexity index is 803. The third-order valence-electron chi connectivity index (χ3n) is 5.24. The monoisotopic (exact) mass is 387 g/mol. The summed E-state index contributed by atoms with van der Waals surface area (Å²) in [6.07, 6.45) is 0.672. The van der Waals surface area contributed by atoms with E-state index in [1.807, 2.05) is 0 Å². The molecule has 1 aliphatic heterocycles. The summed E-state index contributed by atoms with van der Waals surface area (Å²) >= 11 is 0. The molecule has 2 aromatic rings. The Morgan fingerprint density at radius 3 is 2.32 bits per heavy atom. The molecule has 150 valence electrons. The number of rotatable bonds is 6. The predicted molar refractivity (Wildman–Crippen MR) is 109 cm³/mol. The van der Waals surface area contributed by atoms with E-state index in [9.17, 15) is 13.2 Å². The highest BCUT2D eigenvalue weighted by molar-refractivity contribution is 5.67. The molecule has 1 nitrogen and oxygen atoms in total. The molecule has 0 radical (unpaired) electrons. The lowest BCUT2D eigenvalue weighted by Crippen LogP contribution is -2.30. The van der Waals surface area contributed by atoms with Gasteiger partial charge in [0.1, 0.15) is 0 Å². The number of hydrogen-bond acceptors (Lipinski definition) is 1. The average molecular weight is 387 g/mol. The molecule has 0 saturated heterocycles. The molecule has 0 unspecified atom stereocenters. The lowest BCUT2D eigenvalue weighted by molar-refractivity contribution is -0.137. The molecule has 0 saturated carbocycles. The zero-order valence-electron chi connectivity index (χ0n) is 16.6. The molecule has 1 aliphatic rings. The van der Waals surface area contributed by atoms with E-state index in [1.54, 1.807) is 6.07 Å². The quantitative estimate of drug-likeness (QED) is 0.567. The van der Waals surface area contributed by atoms with Gasteiger partial charge in [-0.15, -0.1) is 0 Å². The van der Waals surface area contributed by atoms with E-state index in [-0.39, 0.29) is 0 Å². The topological polar surface area (TPSA) is 3.24 Å². The van der Waals surface area contributed by atoms with Gasteiger partial charge in [-0.05, 0) is 59.6 Å². The first-order valence-electron chi connectivity index (χ1n) is 9.98. The van der Waals surface area contributed by atoms with E-state index in [2.05, 4.69) is 49.1 Å². The van der Waals surface area contributed by atoms with Gasteiger partial charge in [0.25, 0.3) is 0 Å². The molecule has 2 aromatic carbocycles. The minimum absolute atomic E-state index is 0.575. The fourth-order valence-electron chi connectivity index (χ4n) is 3.67. The number of halogens is 3. The van der Waals surface area contributed by atoms with Gasteiger partial charge in [-0.2, -0.15) is 13.2 Å². The zero-order chi connectivity index (χ0) is 20.1. The van der Waals surface area contributed by atoms with E-state index in [0.717, 1.165) is 50.5 Å². The van der Waals surface area contributed by atoms with Crippen molar-refractivity contribution in [2.45, 2.75) is 39.3 Å². The zero-order valence-corrected chi connectivity index (χ0v) is 16.6. The summed E-state index contributed by atoms with van der Waals surface area (Å²) < 4.78 is 38.8. The molecule has 0 amide bonds. The fraction of sp³-hybridized carbons (Fsp3) is 0.417. The van der Waals surface area contributed by atoms with Crippen LogP contribution in [0, 0.1) is 5.92 Å². The Balaban J connectivity index is 1.54. The molecule has 28 heavy (non-hydrogen) atoms. The summed E-state index contributed by atoms with van der Waals surface area (Å²) in [5, 5.41) is 0. The van der Waals surface area contributed by atoms with E-state index >= 15 is 0 Å². The largest absolute Gasteiger partial charge is 0.416 e. The second-order valence-corrected chi connectivity index (χ2v) is 8.02. The lowest BCUT2D eigenvalue weighted by Gasteiger charge is -2.26. The minimum atomic E-state index is -4.29. The first-order chi connectivity index (χ1) is 13.3. The maximum absolute atomic E-state index is 12.9. The minimum Gasteiger partial charge on any atom is -0.299 e. The molecular weight excluding hydrogens is 359 g/mol. The van der Waals surface area contributed by atoms with Gasteiger partial charge >= 0.3 is 6.18 Å². The van der Waals surface area contributed by atoms with Gasteiger partial charge < -0.3 is 0 Å². The van der Waals surface area contributed by atoms with Gasteiger partial charge in [-0.3, -0.25) is 4.90 Å². The molecule has 0 aromatic heterocycles. The fourth-order valence-corrected chi connectivity index (χ4v) is 3.67. The summed E-state index contributed by atoms with van der Waals surface area (Å²) in [6.45, 7) is 7.09. The molecule has 0 N–H and O–H groups in total. The molecule has 4 heteroatoms. The second kappa shape index (κ2) is 8.95. The molecule has 3 rings (SSSR count). The van der Waals surface area contributed by atoms with Crippen molar-refractivity contribution in [1.29, 1.82) is 0 Å². The van der Waals surface area contributed by atoms with Crippen LogP contribution in [-0.2, 0) is 19.0 Å². The van der Waals surface area contributed by atoms with Gasteiger partial charge in [0.05, 0.1) is 5.56 Å². The molecule has 0 spiro atoms. The smallest absolute Gasteiger partial charge is 0.299 e. The first-order valence-corrected chi connectivity index (χ1v) is 9.98. The van der Waals surface area contributed by atoms with Crippen LogP contribution in [0.1, 0.15) is 42.5 Å². The van der Waals surface area contributed by atoms with E-state index in [1.165, 1.54) is 23.3 Å². The van der Waals surface area contributed by atoms with Crippen molar-refractivity contribution in [3.05, 3.63) is 76.9 Å². The Morgan fingerprint density at radius 2 is 1.71 bits per heavy atom. The summed E-state index contributed by atoms with van der Waals surface area (Å²) in [7, 11) is 0. The highest BCUT2D eigenvalue weighted by Gasteiger charge is 2.30. The molecular formula is C24H28F3N. The Labute approximate surface area is 165 Å². The summed E-state index contributed by atoms with van der Waals surface area (Å²) in [5.74, 6) is 0.664. The van der Waals surface area contributed by atoms with Crippen molar-refractivity contribution in [3.63, 3.8) is 0 Å². The molecule has 0 aliphatic carbocycles. The van der Waals surface area contributed by atoms with Crippen LogP contribution in [0.3, 0.4) is 0 Å². The van der Waals surface area contributed by atoms with Crippen LogP contribution in [0.4, 0.5) is 13.2 Å². The molecule has 1 heterocycles. The number of benzene rings is 2. The third-order valence-corrected chi connectivity index (χ3v) is 5.24. The van der Waals surface area contributed by atoms with Crippen molar-refractivity contribution in [1.82, 2.24) is 4.90 Å². The van der Waals surface area contributed by atoms with Crippen LogP contribution in [0.15, 0.2) is 54.6 Å². The number of hydrogen-bond donors (Lipinski definition) is 0. The second-order valence-electron chi connectivity index (χ2n) is 8.02.